The topological polar surface area (TPSA) is 70.1 Å². The number of carbonyl (C=O) groups excluding carboxylic acids is 1. The molecule has 1 aromatic rings. The zero-order valence-electron chi connectivity index (χ0n) is 12.5. The minimum Gasteiger partial charge on any atom is -0.327 e. The number of rotatable bonds is 5. The zero-order valence-corrected chi connectivity index (χ0v) is 12.5. The van der Waals surface area contributed by atoms with Gasteiger partial charge in [0, 0.05) is 24.7 Å². The number of amides is 1. The highest BCUT2D eigenvalue weighted by Gasteiger charge is 2.26. The predicted octanol–water partition coefficient (Wildman–Crippen LogP) is 2.70. The Morgan fingerprint density at radius 3 is 2.45 bits per heavy atom. The van der Waals surface area contributed by atoms with Crippen LogP contribution in [0.5, 0.6) is 0 Å². The molecule has 0 spiro atoms. The maximum Gasteiger partial charge on any atom is 0.228 e. The van der Waals surface area contributed by atoms with Crippen molar-refractivity contribution >= 4 is 11.6 Å². The van der Waals surface area contributed by atoms with Crippen LogP contribution in [0.3, 0.4) is 0 Å². The molecule has 4 nitrogen and oxygen atoms in total. The van der Waals surface area contributed by atoms with Gasteiger partial charge in [-0.3, -0.25) is 4.79 Å². The van der Waals surface area contributed by atoms with Crippen LogP contribution in [-0.4, -0.2) is 18.5 Å². The fourth-order valence-corrected chi connectivity index (χ4v) is 1.77. The first-order valence-corrected chi connectivity index (χ1v) is 6.84. The lowest BCUT2D eigenvalue weighted by Gasteiger charge is -2.29. The molecule has 0 fully saturated rings. The lowest BCUT2D eigenvalue weighted by atomic mass is 9.85. The lowest BCUT2D eigenvalue weighted by Crippen LogP contribution is -2.42. The molecule has 0 heterocycles. The minimum atomic E-state index is -0.205. The van der Waals surface area contributed by atoms with Crippen LogP contribution in [-0.2, 0) is 4.79 Å². The van der Waals surface area contributed by atoms with E-state index in [0.717, 1.165) is 5.69 Å². The Bertz CT molecular complexity index is 471. The maximum atomic E-state index is 12.4. The molecular weight excluding hydrogens is 250 g/mol. The molecule has 20 heavy (non-hydrogen) atoms. The first kappa shape index (κ1) is 16.2. The van der Waals surface area contributed by atoms with Gasteiger partial charge in [0.15, 0.2) is 0 Å². The summed E-state index contributed by atoms with van der Waals surface area (Å²) in [7, 11) is 0. The number of hydrogen-bond donors (Lipinski definition) is 1. The number of carbonyl (C=O) groups is 1. The van der Waals surface area contributed by atoms with Gasteiger partial charge in [-0.2, -0.15) is 5.26 Å². The normalized spacial score (nSPS) is 12.6. The molecule has 0 aliphatic carbocycles. The second-order valence-corrected chi connectivity index (χ2v) is 5.97. The second-order valence-electron chi connectivity index (χ2n) is 5.97. The molecule has 108 valence electrons. The molecule has 0 aromatic heterocycles. The van der Waals surface area contributed by atoms with E-state index in [0.29, 0.717) is 13.0 Å². The second kappa shape index (κ2) is 7.06. The van der Waals surface area contributed by atoms with Crippen molar-refractivity contribution < 1.29 is 4.79 Å². The van der Waals surface area contributed by atoms with Gasteiger partial charge in [0.2, 0.25) is 5.91 Å². The fraction of sp³-hybridized carbons (Fsp3) is 0.500. The van der Waals surface area contributed by atoms with Gasteiger partial charge in [-0.15, -0.1) is 0 Å². The fourth-order valence-electron chi connectivity index (χ4n) is 1.77. The Hall–Kier alpha value is -1.86. The third-order valence-electron chi connectivity index (χ3n) is 3.32. The van der Waals surface area contributed by atoms with Crippen molar-refractivity contribution in [1.29, 1.82) is 5.26 Å². The van der Waals surface area contributed by atoms with Crippen molar-refractivity contribution in [3.05, 3.63) is 30.3 Å². The van der Waals surface area contributed by atoms with Crippen molar-refractivity contribution in [2.45, 2.75) is 39.7 Å². The first-order chi connectivity index (χ1) is 9.36. The summed E-state index contributed by atoms with van der Waals surface area (Å²) in [6, 6.07) is 11.3. The van der Waals surface area contributed by atoms with Crippen LogP contribution in [0.2, 0.25) is 0 Å². The summed E-state index contributed by atoms with van der Waals surface area (Å²) in [4.78, 5) is 14.1. The average Bonchev–Trinajstić information content (AvgIpc) is 2.39. The van der Waals surface area contributed by atoms with Gasteiger partial charge in [-0.05, 0) is 17.5 Å². The van der Waals surface area contributed by atoms with Gasteiger partial charge in [0.1, 0.15) is 0 Å². The van der Waals surface area contributed by atoms with E-state index >= 15 is 0 Å². The Morgan fingerprint density at radius 2 is 1.95 bits per heavy atom. The monoisotopic (exact) mass is 273 g/mol. The maximum absolute atomic E-state index is 12.4. The Labute approximate surface area is 121 Å². The van der Waals surface area contributed by atoms with Crippen LogP contribution in [0.4, 0.5) is 5.69 Å². The SMILES string of the molecule is CC(C)(C)C(N)CC(=O)N(CCC#N)c1ccccc1. The molecule has 1 rings (SSSR count). The zero-order chi connectivity index (χ0) is 15.2. The van der Waals surface area contributed by atoms with Crippen molar-refractivity contribution in [1.82, 2.24) is 0 Å². The standard InChI is InChI=1S/C16H23N3O/c1-16(2,3)14(18)12-15(20)19(11-7-10-17)13-8-5-4-6-9-13/h4-6,8-9,14H,7,11-12,18H2,1-3H3. The number of nitrogens with zero attached hydrogens (tertiary/aromatic N) is 2. The summed E-state index contributed by atoms with van der Waals surface area (Å²) < 4.78 is 0. The molecule has 0 aliphatic heterocycles. The van der Waals surface area contributed by atoms with Gasteiger partial charge in [0.25, 0.3) is 0 Å². The molecule has 1 unspecified atom stereocenters. The molecule has 1 amide bonds. The summed E-state index contributed by atoms with van der Waals surface area (Å²) in [6.07, 6.45) is 0.592. The molecule has 4 heteroatoms. The largest absolute Gasteiger partial charge is 0.327 e. The number of benzene rings is 1. The van der Waals surface area contributed by atoms with Crippen molar-refractivity contribution in [3.8, 4) is 6.07 Å². The van der Waals surface area contributed by atoms with E-state index in [-0.39, 0.29) is 23.8 Å². The highest BCUT2D eigenvalue weighted by molar-refractivity contribution is 5.93. The molecule has 0 aliphatic rings. The van der Waals surface area contributed by atoms with Crippen molar-refractivity contribution in [2.24, 2.45) is 11.1 Å². The van der Waals surface area contributed by atoms with Crippen LogP contribution in [0.15, 0.2) is 30.3 Å². The predicted molar refractivity (Wildman–Crippen MR) is 81.1 cm³/mol. The third kappa shape index (κ3) is 4.67. The van der Waals surface area contributed by atoms with E-state index in [9.17, 15) is 4.79 Å². The molecule has 1 atom stereocenters. The van der Waals surface area contributed by atoms with Crippen LogP contribution >= 0.6 is 0 Å². The average molecular weight is 273 g/mol. The van der Waals surface area contributed by atoms with Crippen LogP contribution in [0.25, 0.3) is 0 Å². The highest BCUT2D eigenvalue weighted by atomic mass is 16.2. The summed E-state index contributed by atoms with van der Waals surface area (Å²) in [6.45, 7) is 6.46. The van der Waals surface area contributed by atoms with E-state index in [2.05, 4.69) is 6.07 Å². The van der Waals surface area contributed by atoms with E-state index in [1.165, 1.54) is 0 Å². The van der Waals surface area contributed by atoms with Crippen LogP contribution in [0.1, 0.15) is 33.6 Å². The molecule has 2 N–H and O–H groups in total. The van der Waals surface area contributed by atoms with Gasteiger partial charge in [-0.25, -0.2) is 0 Å². The molecular formula is C16H23N3O. The van der Waals surface area contributed by atoms with Gasteiger partial charge in [-0.1, -0.05) is 39.0 Å². The number of hydrogen-bond acceptors (Lipinski definition) is 3. The van der Waals surface area contributed by atoms with Crippen molar-refractivity contribution in [2.75, 3.05) is 11.4 Å². The number of anilines is 1. The van der Waals surface area contributed by atoms with Gasteiger partial charge >= 0.3 is 0 Å². The van der Waals surface area contributed by atoms with Gasteiger partial charge < -0.3 is 10.6 Å². The first-order valence-electron chi connectivity index (χ1n) is 6.84. The smallest absolute Gasteiger partial charge is 0.228 e. The Balaban J connectivity index is 2.84. The summed E-state index contributed by atoms with van der Waals surface area (Å²) in [5.74, 6) is -0.0334. The van der Waals surface area contributed by atoms with E-state index < -0.39 is 0 Å². The molecule has 0 radical (unpaired) electrons. The van der Waals surface area contributed by atoms with Crippen LogP contribution in [0, 0.1) is 16.7 Å². The van der Waals surface area contributed by atoms with E-state index in [1.807, 2.05) is 51.1 Å². The van der Waals surface area contributed by atoms with Crippen molar-refractivity contribution in [3.63, 3.8) is 0 Å². The highest BCUT2D eigenvalue weighted by Crippen LogP contribution is 2.22. The lowest BCUT2D eigenvalue weighted by molar-refractivity contribution is -0.119. The quantitative estimate of drug-likeness (QED) is 0.896. The third-order valence-corrected chi connectivity index (χ3v) is 3.32. The van der Waals surface area contributed by atoms with Crippen LogP contribution < -0.4 is 10.6 Å². The van der Waals surface area contributed by atoms with Gasteiger partial charge in [0.05, 0.1) is 12.5 Å². The van der Waals surface area contributed by atoms with E-state index in [1.54, 1.807) is 4.90 Å². The molecule has 1 aromatic carbocycles. The Kier molecular flexibility index (Phi) is 5.72. The Morgan fingerprint density at radius 1 is 1.35 bits per heavy atom. The summed E-state index contributed by atoms with van der Waals surface area (Å²) >= 11 is 0. The molecule has 0 saturated heterocycles. The molecule has 0 bridgehead atoms. The molecule has 0 saturated carbocycles. The number of nitriles is 1. The number of para-hydroxylation sites is 1. The number of nitrogens with two attached hydrogens (primary N) is 1. The summed E-state index contributed by atoms with van der Waals surface area (Å²) in [5, 5.41) is 8.74. The summed E-state index contributed by atoms with van der Waals surface area (Å²) in [5.41, 5.74) is 6.78. The van der Waals surface area contributed by atoms with E-state index in [4.69, 9.17) is 11.0 Å². The minimum absolute atomic E-state index is 0.0334.